The Balaban J connectivity index is 1.48. The number of pyridine rings is 1. The Morgan fingerprint density at radius 3 is 2.66 bits per heavy atom. The molecule has 4 rings (SSSR count). The zero-order chi connectivity index (χ0) is 23.0. The van der Waals surface area contributed by atoms with Gasteiger partial charge in [0.15, 0.2) is 5.82 Å². The maximum Gasteiger partial charge on any atom is 0.247 e. The standard InChI is InChI=1S/C22H27FN8O/c1-13-17-19(30(5)18(20(32)28-17)22(2,3)4)29-21(27-13)25-9-15-10-26-31(12-15)11-14-6-7-16(23)24-8-14/h6-8,10,12,18H,9,11H2,1-5H3,(H,28,32)(H,25,27,29)/t18-/m1/s1. The minimum Gasteiger partial charge on any atom is -0.350 e. The van der Waals surface area contributed by atoms with E-state index in [9.17, 15) is 9.18 Å². The van der Waals surface area contributed by atoms with E-state index in [0.717, 1.165) is 11.1 Å². The number of amides is 1. The van der Waals surface area contributed by atoms with Crippen molar-refractivity contribution >= 4 is 23.4 Å². The molecule has 0 saturated heterocycles. The van der Waals surface area contributed by atoms with Crippen molar-refractivity contribution in [1.82, 2.24) is 24.7 Å². The van der Waals surface area contributed by atoms with Crippen molar-refractivity contribution in [1.29, 1.82) is 0 Å². The summed E-state index contributed by atoms with van der Waals surface area (Å²) in [5, 5.41) is 10.6. The topological polar surface area (TPSA) is 101 Å². The first-order valence-electron chi connectivity index (χ1n) is 10.4. The van der Waals surface area contributed by atoms with Gasteiger partial charge in [-0.1, -0.05) is 26.8 Å². The number of halogens is 1. The smallest absolute Gasteiger partial charge is 0.247 e. The summed E-state index contributed by atoms with van der Waals surface area (Å²) in [5.41, 5.74) is 2.90. The third-order valence-corrected chi connectivity index (χ3v) is 5.38. The van der Waals surface area contributed by atoms with E-state index in [0.29, 0.717) is 36.2 Å². The number of nitrogens with one attached hydrogen (secondary N) is 2. The quantitative estimate of drug-likeness (QED) is 0.591. The minimum atomic E-state index is -0.501. The number of aryl methyl sites for hydroxylation is 1. The number of rotatable bonds is 5. The third kappa shape index (κ3) is 4.39. The molecule has 0 saturated carbocycles. The van der Waals surface area contributed by atoms with Crippen LogP contribution in [0.4, 0.5) is 21.8 Å². The molecule has 3 aromatic rings. The zero-order valence-electron chi connectivity index (χ0n) is 18.8. The molecular weight excluding hydrogens is 411 g/mol. The number of carbonyl (C=O) groups excluding carboxylic acids is 1. The molecule has 0 bridgehead atoms. The van der Waals surface area contributed by atoms with Gasteiger partial charge in [-0.15, -0.1) is 0 Å². The van der Waals surface area contributed by atoms with Crippen molar-refractivity contribution in [2.24, 2.45) is 5.41 Å². The average Bonchev–Trinajstić information content (AvgIpc) is 3.15. The van der Waals surface area contributed by atoms with Crippen LogP contribution in [0, 0.1) is 18.3 Å². The van der Waals surface area contributed by atoms with Crippen LogP contribution in [0.2, 0.25) is 0 Å². The molecule has 9 nitrogen and oxygen atoms in total. The SMILES string of the molecule is Cc1nc(NCc2cnn(Cc3ccc(F)nc3)c2)nc2c1NC(=O)[C@H](C(C)(C)C)N2C. The van der Waals surface area contributed by atoms with E-state index < -0.39 is 5.95 Å². The molecule has 1 amide bonds. The van der Waals surface area contributed by atoms with Gasteiger partial charge in [0, 0.05) is 31.5 Å². The molecule has 0 radical (unpaired) electrons. The molecule has 0 fully saturated rings. The Labute approximate surface area is 186 Å². The molecule has 4 heterocycles. The molecule has 0 spiro atoms. The highest BCUT2D eigenvalue weighted by atomic mass is 19.1. The van der Waals surface area contributed by atoms with Gasteiger partial charge in [-0.2, -0.15) is 14.5 Å². The van der Waals surface area contributed by atoms with E-state index in [-0.39, 0.29) is 17.4 Å². The highest BCUT2D eigenvalue weighted by Gasteiger charge is 2.40. The first-order valence-corrected chi connectivity index (χ1v) is 10.4. The van der Waals surface area contributed by atoms with Crippen LogP contribution >= 0.6 is 0 Å². The van der Waals surface area contributed by atoms with Gasteiger partial charge >= 0.3 is 0 Å². The Morgan fingerprint density at radius 1 is 1.19 bits per heavy atom. The minimum absolute atomic E-state index is 0.0522. The van der Waals surface area contributed by atoms with Crippen LogP contribution in [0.25, 0.3) is 0 Å². The summed E-state index contributed by atoms with van der Waals surface area (Å²) < 4.78 is 14.7. The second-order valence-electron chi connectivity index (χ2n) is 9.09. The largest absolute Gasteiger partial charge is 0.350 e. The number of carbonyl (C=O) groups is 1. The summed E-state index contributed by atoms with van der Waals surface area (Å²) in [7, 11) is 1.89. The second-order valence-corrected chi connectivity index (χ2v) is 9.09. The fraction of sp³-hybridized carbons (Fsp3) is 0.409. The van der Waals surface area contributed by atoms with E-state index in [2.05, 4.69) is 30.7 Å². The summed E-state index contributed by atoms with van der Waals surface area (Å²) in [5.74, 6) is 0.619. The second kappa shape index (κ2) is 8.18. The summed E-state index contributed by atoms with van der Waals surface area (Å²) in [6, 6.07) is 2.68. The van der Waals surface area contributed by atoms with E-state index in [1.807, 2.05) is 45.8 Å². The lowest BCUT2D eigenvalue weighted by atomic mass is 9.84. The molecule has 0 aliphatic carbocycles. The molecule has 1 atom stereocenters. The van der Waals surface area contributed by atoms with Gasteiger partial charge in [0.25, 0.3) is 0 Å². The van der Waals surface area contributed by atoms with Gasteiger partial charge in [0.05, 0.1) is 18.4 Å². The molecule has 2 N–H and O–H groups in total. The predicted molar refractivity (Wildman–Crippen MR) is 120 cm³/mol. The molecule has 1 aliphatic heterocycles. The fourth-order valence-electron chi connectivity index (χ4n) is 3.95. The van der Waals surface area contributed by atoms with Crippen LogP contribution in [-0.4, -0.2) is 43.7 Å². The monoisotopic (exact) mass is 438 g/mol. The molecule has 32 heavy (non-hydrogen) atoms. The van der Waals surface area contributed by atoms with E-state index in [1.54, 1.807) is 16.9 Å². The van der Waals surface area contributed by atoms with E-state index in [4.69, 9.17) is 0 Å². The molecule has 0 unspecified atom stereocenters. The van der Waals surface area contributed by atoms with Crippen LogP contribution in [0.1, 0.15) is 37.6 Å². The number of likely N-dealkylation sites (N-methyl/N-ethyl adjacent to an activating group) is 1. The number of hydrogen-bond donors (Lipinski definition) is 2. The molecule has 0 aromatic carbocycles. The first kappa shape index (κ1) is 21.7. The lowest BCUT2D eigenvalue weighted by molar-refractivity contribution is -0.119. The maximum atomic E-state index is 13.0. The van der Waals surface area contributed by atoms with Gasteiger partial charge in [-0.05, 0) is 24.0 Å². The van der Waals surface area contributed by atoms with Crippen LogP contribution < -0.4 is 15.5 Å². The maximum absolute atomic E-state index is 13.0. The summed E-state index contributed by atoms with van der Waals surface area (Å²) in [6.07, 6.45) is 5.17. The molecule has 1 aliphatic rings. The summed E-state index contributed by atoms with van der Waals surface area (Å²) in [4.78, 5) is 27.4. The lowest BCUT2D eigenvalue weighted by Crippen LogP contribution is -2.53. The van der Waals surface area contributed by atoms with E-state index in [1.165, 1.54) is 12.3 Å². The van der Waals surface area contributed by atoms with Crippen LogP contribution in [0.3, 0.4) is 0 Å². The number of aromatic nitrogens is 5. The van der Waals surface area contributed by atoms with Crippen LogP contribution in [-0.2, 0) is 17.9 Å². The van der Waals surface area contributed by atoms with Crippen LogP contribution in [0.5, 0.6) is 0 Å². The average molecular weight is 439 g/mol. The number of anilines is 3. The van der Waals surface area contributed by atoms with Crippen molar-refractivity contribution in [2.75, 3.05) is 22.6 Å². The zero-order valence-corrected chi connectivity index (χ0v) is 18.8. The Morgan fingerprint density at radius 2 is 1.97 bits per heavy atom. The Hall–Kier alpha value is -3.56. The van der Waals surface area contributed by atoms with Gasteiger partial charge < -0.3 is 15.5 Å². The Kier molecular flexibility index (Phi) is 5.53. The highest BCUT2D eigenvalue weighted by molar-refractivity contribution is 6.03. The van der Waals surface area contributed by atoms with Crippen molar-refractivity contribution < 1.29 is 9.18 Å². The summed E-state index contributed by atoms with van der Waals surface area (Å²) in [6.45, 7) is 8.94. The number of nitrogens with zero attached hydrogens (tertiary/aromatic N) is 6. The fourth-order valence-corrected chi connectivity index (χ4v) is 3.95. The van der Waals surface area contributed by atoms with Crippen molar-refractivity contribution in [3.63, 3.8) is 0 Å². The summed E-state index contributed by atoms with van der Waals surface area (Å²) >= 11 is 0. The van der Waals surface area contributed by atoms with Crippen molar-refractivity contribution in [2.45, 2.75) is 46.8 Å². The lowest BCUT2D eigenvalue weighted by Gasteiger charge is -2.41. The highest BCUT2D eigenvalue weighted by Crippen LogP contribution is 2.37. The molecular formula is C22H27FN8O. The van der Waals surface area contributed by atoms with E-state index >= 15 is 0 Å². The van der Waals surface area contributed by atoms with Crippen molar-refractivity contribution in [3.8, 4) is 0 Å². The van der Waals surface area contributed by atoms with Crippen LogP contribution in [0.15, 0.2) is 30.7 Å². The van der Waals surface area contributed by atoms with Gasteiger partial charge in [0.2, 0.25) is 17.8 Å². The normalized spacial score (nSPS) is 16.0. The van der Waals surface area contributed by atoms with Gasteiger partial charge in [-0.25, -0.2) is 9.97 Å². The number of fused-ring (bicyclic) bond motifs is 1. The molecule has 3 aromatic heterocycles. The Bertz CT molecular complexity index is 1140. The third-order valence-electron chi connectivity index (χ3n) is 5.38. The number of hydrogen-bond acceptors (Lipinski definition) is 7. The molecule has 168 valence electrons. The first-order chi connectivity index (χ1) is 15.1. The molecule has 10 heteroatoms. The predicted octanol–water partition coefficient (Wildman–Crippen LogP) is 2.98. The van der Waals surface area contributed by atoms with Gasteiger partial charge in [0.1, 0.15) is 11.7 Å². The van der Waals surface area contributed by atoms with Crippen molar-refractivity contribution in [3.05, 3.63) is 53.5 Å². The van der Waals surface area contributed by atoms with Gasteiger partial charge in [-0.3, -0.25) is 9.48 Å².